The number of urea groups is 1. The van der Waals surface area contributed by atoms with Crippen molar-refractivity contribution >= 4 is 23.5 Å². The van der Waals surface area contributed by atoms with Crippen LogP contribution in [-0.2, 0) is 4.79 Å². The summed E-state index contributed by atoms with van der Waals surface area (Å²) in [5.41, 5.74) is 0.464. The van der Waals surface area contributed by atoms with E-state index in [-0.39, 0.29) is 11.3 Å². The summed E-state index contributed by atoms with van der Waals surface area (Å²) >= 11 is 0. The molecule has 2 aromatic carbocycles. The molecule has 2 aromatic rings. The summed E-state index contributed by atoms with van der Waals surface area (Å²) in [6, 6.07) is 11.0. The largest absolute Gasteiger partial charge is 0.394 e. The Morgan fingerprint density at radius 3 is 2.06 bits per heavy atom. The van der Waals surface area contributed by atoms with Crippen LogP contribution >= 0.6 is 0 Å². The molecule has 2 aliphatic rings. The third-order valence-electron chi connectivity index (χ3n) is 5.89. The lowest BCUT2D eigenvalue weighted by Gasteiger charge is -2.54. The van der Waals surface area contributed by atoms with Gasteiger partial charge in [0.15, 0.2) is 0 Å². The molecule has 2 saturated heterocycles. The van der Waals surface area contributed by atoms with Crippen LogP contribution in [0, 0.1) is 0 Å². The highest BCUT2D eigenvalue weighted by molar-refractivity contribution is 6.19. The van der Waals surface area contributed by atoms with Crippen molar-refractivity contribution in [2.75, 3.05) is 11.5 Å². The third-order valence-corrected chi connectivity index (χ3v) is 5.89. The lowest BCUT2D eigenvalue weighted by Crippen LogP contribution is -2.80. The van der Waals surface area contributed by atoms with E-state index in [0.29, 0.717) is 0 Å². The number of fused-ring (bicyclic) bond motifs is 1. The van der Waals surface area contributed by atoms with Crippen molar-refractivity contribution in [2.45, 2.75) is 36.4 Å². The minimum Gasteiger partial charge on any atom is -0.394 e. The highest BCUT2D eigenvalue weighted by Crippen LogP contribution is 2.34. The molecule has 6 atom stereocenters. The number of carbonyl (C=O) groups excluding carboxylic acids is 3. The van der Waals surface area contributed by atoms with Crippen molar-refractivity contribution in [1.82, 2.24) is 10.2 Å². The van der Waals surface area contributed by atoms with Gasteiger partial charge in [-0.15, -0.1) is 0 Å². The van der Waals surface area contributed by atoms with Gasteiger partial charge in [-0.2, -0.15) is 0 Å². The number of para-hydroxylation sites is 1. The Bertz CT molecular complexity index is 1000. The molecule has 10 nitrogen and oxygen atoms in total. The second kappa shape index (κ2) is 8.67. The molecule has 0 aliphatic carbocycles. The van der Waals surface area contributed by atoms with Gasteiger partial charge in [-0.1, -0.05) is 36.4 Å². The number of rotatable bonds is 4. The first-order valence-electron chi connectivity index (χ1n) is 10.1. The van der Waals surface area contributed by atoms with Crippen LogP contribution in [0.15, 0.2) is 60.7 Å². The van der Waals surface area contributed by atoms with E-state index in [1.807, 2.05) is 0 Å². The van der Waals surface area contributed by atoms with E-state index in [2.05, 4.69) is 5.32 Å². The number of hydrogen-bond donors (Lipinski definition) is 5. The maximum atomic E-state index is 13.4. The van der Waals surface area contributed by atoms with Crippen LogP contribution in [0.2, 0.25) is 0 Å². The number of aliphatic hydroxyl groups excluding tert-OH is 4. The molecule has 2 heterocycles. The van der Waals surface area contributed by atoms with Gasteiger partial charge in [-0.05, 0) is 24.3 Å². The number of aliphatic hydroxyl groups is 4. The topological polar surface area (TPSA) is 151 Å². The van der Waals surface area contributed by atoms with Gasteiger partial charge in [-0.25, -0.2) is 9.69 Å². The number of amides is 4. The van der Waals surface area contributed by atoms with Gasteiger partial charge < -0.3 is 30.6 Å². The Hall–Kier alpha value is -3.31. The molecule has 5 N–H and O–H groups in total. The predicted molar refractivity (Wildman–Crippen MR) is 112 cm³/mol. The predicted octanol–water partition coefficient (Wildman–Crippen LogP) is -0.920. The molecule has 0 spiro atoms. The van der Waals surface area contributed by atoms with E-state index >= 15 is 0 Å². The zero-order valence-corrected chi connectivity index (χ0v) is 16.9. The second-order valence-corrected chi connectivity index (χ2v) is 7.73. The summed E-state index contributed by atoms with van der Waals surface area (Å²) in [5, 5.41) is 43.8. The van der Waals surface area contributed by atoms with Gasteiger partial charge in [0.2, 0.25) is 0 Å². The van der Waals surface area contributed by atoms with E-state index in [0.717, 1.165) is 9.80 Å². The summed E-state index contributed by atoms with van der Waals surface area (Å²) in [7, 11) is 0. The Labute approximate surface area is 183 Å². The average Bonchev–Trinajstić information content (AvgIpc) is 2.81. The standard InChI is InChI=1S/C22H23N3O7/c26-11-14-17(27)19(29)18(28)16-15(23-20(30)12-7-3-1-4-8-12)21(31)24(22(32)25(14)16)13-9-5-2-6-10-13/h1-10,14-19,26-29H,11H2,(H,23,30)/t14-,15-,16-,17-,18-,19-/m1/s1. The molecule has 0 bridgehead atoms. The highest BCUT2D eigenvalue weighted by atomic mass is 16.4. The first-order chi connectivity index (χ1) is 15.4. The number of nitrogens with zero attached hydrogens (tertiary/aromatic N) is 2. The van der Waals surface area contributed by atoms with Gasteiger partial charge in [-0.3, -0.25) is 9.59 Å². The van der Waals surface area contributed by atoms with Gasteiger partial charge in [0.25, 0.3) is 11.8 Å². The molecule has 2 fully saturated rings. The lowest BCUT2D eigenvalue weighted by atomic mass is 9.82. The Balaban J connectivity index is 1.79. The second-order valence-electron chi connectivity index (χ2n) is 7.73. The van der Waals surface area contributed by atoms with E-state index in [1.54, 1.807) is 36.4 Å². The SMILES string of the molecule is O=C(N[C@H]1C(=O)N(c2ccccc2)C(=O)N2[C@H]1[C@@H](O)[C@H](O)[C@H](O)[C@H]2CO)c1ccccc1. The molecule has 10 heteroatoms. The number of benzene rings is 2. The normalized spacial score (nSPS) is 30.1. The van der Waals surface area contributed by atoms with E-state index < -0.39 is 60.9 Å². The maximum Gasteiger partial charge on any atom is 0.332 e. The monoisotopic (exact) mass is 441 g/mol. The summed E-state index contributed by atoms with van der Waals surface area (Å²) in [4.78, 5) is 41.4. The number of anilines is 1. The molecule has 168 valence electrons. The Morgan fingerprint density at radius 1 is 0.875 bits per heavy atom. The molecule has 0 aromatic heterocycles. The number of hydrogen-bond acceptors (Lipinski definition) is 7. The molecule has 4 amide bonds. The highest BCUT2D eigenvalue weighted by Gasteiger charge is 2.59. The van der Waals surface area contributed by atoms with Crippen LogP contribution in [-0.4, -0.2) is 86.2 Å². The van der Waals surface area contributed by atoms with Gasteiger partial charge >= 0.3 is 6.03 Å². The fourth-order valence-electron chi connectivity index (χ4n) is 4.28. The van der Waals surface area contributed by atoms with Crippen LogP contribution in [0.25, 0.3) is 0 Å². The maximum absolute atomic E-state index is 13.4. The van der Waals surface area contributed by atoms with Crippen LogP contribution < -0.4 is 10.2 Å². The number of imide groups is 1. The quantitative estimate of drug-likeness (QED) is 0.412. The summed E-state index contributed by atoms with van der Waals surface area (Å²) < 4.78 is 0. The molecular formula is C22H23N3O7. The molecular weight excluding hydrogens is 418 g/mol. The first-order valence-corrected chi connectivity index (χ1v) is 10.1. The molecule has 0 unspecified atom stereocenters. The van der Waals surface area contributed by atoms with Crippen LogP contribution in [0.5, 0.6) is 0 Å². The zero-order chi connectivity index (χ0) is 23.0. The molecule has 4 rings (SSSR count). The fourth-order valence-corrected chi connectivity index (χ4v) is 4.28. The molecule has 0 radical (unpaired) electrons. The van der Waals surface area contributed by atoms with Crippen molar-refractivity contribution < 1.29 is 34.8 Å². The number of nitrogens with one attached hydrogen (secondary N) is 1. The molecule has 2 aliphatic heterocycles. The number of piperidine rings is 1. The molecule has 0 saturated carbocycles. The van der Waals surface area contributed by atoms with Crippen molar-refractivity contribution in [3.8, 4) is 0 Å². The van der Waals surface area contributed by atoms with Crippen molar-refractivity contribution in [2.24, 2.45) is 0 Å². The fraction of sp³-hybridized carbons (Fsp3) is 0.318. The van der Waals surface area contributed by atoms with Crippen LogP contribution in [0.4, 0.5) is 10.5 Å². The lowest BCUT2D eigenvalue weighted by molar-refractivity contribution is -0.168. The minimum absolute atomic E-state index is 0.215. The third kappa shape index (κ3) is 3.53. The van der Waals surface area contributed by atoms with Crippen LogP contribution in [0.3, 0.4) is 0 Å². The Morgan fingerprint density at radius 2 is 1.47 bits per heavy atom. The summed E-state index contributed by atoms with van der Waals surface area (Å²) in [6.45, 7) is -0.733. The number of carbonyl (C=O) groups is 3. The van der Waals surface area contributed by atoms with Gasteiger partial charge in [0.05, 0.1) is 24.4 Å². The molecule has 32 heavy (non-hydrogen) atoms. The summed E-state index contributed by atoms with van der Waals surface area (Å²) in [5.74, 6) is -1.44. The van der Waals surface area contributed by atoms with Crippen molar-refractivity contribution in [3.05, 3.63) is 66.2 Å². The first kappa shape index (κ1) is 21.9. The average molecular weight is 441 g/mol. The van der Waals surface area contributed by atoms with Crippen molar-refractivity contribution in [1.29, 1.82) is 0 Å². The van der Waals surface area contributed by atoms with Gasteiger partial charge in [0.1, 0.15) is 24.4 Å². The van der Waals surface area contributed by atoms with E-state index in [9.17, 15) is 34.8 Å². The van der Waals surface area contributed by atoms with Crippen molar-refractivity contribution in [3.63, 3.8) is 0 Å². The smallest absolute Gasteiger partial charge is 0.332 e. The van der Waals surface area contributed by atoms with E-state index in [1.165, 1.54) is 24.3 Å². The van der Waals surface area contributed by atoms with E-state index in [4.69, 9.17) is 0 Å². The Kier molecular flexibility index (Phi) is 5.94. The zero-order valence-electron chi connectivity index (χ0n) is 16.9. The minimum atomic E-state index is -1.75. The van der Waals surface area contributed by atoms with Crippen LogP contribution in [0.1, 0.15) is 10.4 Å². The van der Waals surface area contributed by atoms with Gasteiger partial charge in [0, 0.05) is 5.56 Å². The summed E-state index contributed by atoms with van der Waals surface area (Å²) in [6.07, 6.45) is -5.15.